The molecule has 2 amide bonds. The van der Waals surface area contributed by atoms with E-state index < -0.39 is 18.8 Å². The van der Waals surface area contributed by atoms with E-state index >= 15 is 0 Å². The monoisotopic (exact) mass is 280 g/mol. The van der Waals surface area contributed by atoms with Gasteiger partial charge < -0.3 is 10.2 Å². The first-order chi connectivity index (χ1) is 8.28. The van der Waals surface area contributed by atoms with Crippen LogP contribution in [0.4, 0.5) is 18.0 Å². The summed E-state index contributed by atoms with van der Waals surface area (Å²) in [5.41, 5.74) is 0.782. The Morgan fingerprint density at radius 2 is 1.89 bits per heavy atom. The number of urea groups is 1. The van der Waals surface area contributed by atoms with Gasteiger partial charge >= 0.3 is 12.2 Å². The highest BCUT2D eigenvalue weighted by atomic mass is 35.5. The molecule has 0 saturated carbocycles. The van der Waals surface area contributed by atoms with Crippen LogP contribution < -0.4 is 5.32 Å². The van der Waals surface area contributed by atoms with Crippen LogP contribution in [-0.2, 0) is 6.54 Å². The second-order valence-corrected chi connectivity index (χ2v) is 4.19. The summed E-state index contributed by atoms with van der Waals surface area (Å²) in [5, 5.41) is 2.35. The van der Waals surface area contributed by atoms with Crippen molar-refractivity contribution in [3.05, 3.63) is 34.9 Å². The number of alkyl halides is 3. The number of halogens is 4. The molecule has 0 fully saturated rings. The predicted molar refractivity (Wildman–Crippen MR) is 62.4 cm³/mol. The Kier molecular flexibility index (Phi) is 4.84. The molecule has 0 radical (unpaired) electrons. The lowest BCUT2D eigenvalue weighted by molar-refractivity contribution is -0.123. The van der Waals surface area contributed by atoms with Crippen LogP contribution >= 0.6 is 11.6 Å². The van der Waals surface area contributed by atoms with Gasteiger partial charge in [0.1, 0.15) is 6.54 Å². The molecule has 0 saturated heterocycles. The van der Waals surface area contributed by atoms with E-state index in [0.29, 0.717) is 5.02 Å². The van der Waals surface area contributed by atoms with Gasteiger partial charge in [-0.1, -0.05) is 23.7 Å². The summed E-state index contributed by atoms with van der Waals surface area (Å²) in [6.07, 6.45) is -4.41. The summed E-state index contributed by atoms with van der Waals surface area (Å²) in [4.78, 5) is 12.5. The normalized spacial score (nSPS) is 11.2. The van der Waals surface area contributed by atoms with Gasteiger partial charge in [0.05, 0.1) is 0 Å². The molecule has 0 aromatic heterocycles. The van der Waals surface area contributed by atoms with Crippen molar-refractivity contribution in [2.75, 3.05) is 13.6 Å². The Bertz CT molecular complexity index is 406. The first-order valence-corrected chi connectivity index (χ1v) is 5.46. The number of nitrogens with one attached hydrogen (secondary N) is 1. The Morgan fingerprint density at radius 3 is 2.39 bits per heavy atom. The Labute approximate surface area is 108 Å². The molecule has 1 aromatic carbocycles. The van der Waals surface area contributed by atoms with Gasteiger partial charge in [0.15, 0.2) is 0 Å². The van der Waals surface area contributed by atoms with Gasteiger partial charge in [-0.2, -0.15) is 13.2 Å². The lowest BCUT2D eigenvalue weighted by atomic mass is 10.2. The van der Waals surface area contributed by atoms with Gasteiger partial charge in [0.25, 0.3) is 0 Å². The van der Waals surface area contributed by atoms with Gasteiger partial charge in [0.2, 0.25) is 0 Å². The lowest BCUT2D eigenvalue weighted by Crippen LogP contribution is -2.41. The van der Waals surface area contributed by atoms with Gasteiger partial charge in [-0.15, -0.1) is 0 Å². The first kappa shape index (κ1) is 14.6. The summed E-state index contributed by atoms with van der Waals surface area (Å²) >= 11 is 5.69. The molecule has 1 N–H and O–H groups in total. The van der Waals surface area contributed by atoms with Crippen molar-refractivity contribution in [3.63, 3.8) is 0 Å². The van der Waals surface area contributed by atoms with Crippen LogP contribution in [0.3, 0.4) is 0 Å². The van der Waals surface area contributed by atoms with E-state index in [9.17, 15) is 18.0 Å². The van der Waals surface area contributed by atoms with Gasteiger partial charge in [-0.3, -0.25) is 0 Å². The van der Waals surface area contributed by atoms with E-state index in [2.05, 4.69) is 0 Å². The zero-order valence-corrected chi connectivity index (χ0v) is 10.3. The van der Waals surface area contributed by atoms with E-state index in [-0.39, 0.29) is 6.54 Å². The minimum atomic E-state index is -4.41. The molecule has 18 heavy (non-hydrogen) atoms. The van der Waals surface area contributed by atoms with Gasteiger partial charge in [-0.25, -0.2) is 4.79 Å². The van der Waals surface area contributed by atoms with Crippen LogP contribution in [0.2, 0.25) is 5.02 Å². The maximum Gasteiger partial charge on any atom is 0.405 e. The average Bonchev–Trinajstić information content (AvgIpc) is 2.28. The maximum atomic E-state index is 11.9. The first-order valence-electron chi connectivity index (χ1n) is 5.08. The molecule has 100 valence electrons. The molecule has 0 aliphatic rings. The van der Waals surface area contributed by atoms with E-state index in [1.165, 1.54) is 7.05 Å². The van der Waals surface area contributed by atoms with Crippen molar-refractivity contribution in [2.24, 2.45) is 0 Å². The molecular formula is C11H12ClF3N2O. The summed E-state index contributed by atoms with van der Waals surface area (Å²) in [6.45, 7) is -1.13. The highest BCUT2D eigenvalue weighted by Crippen LogP contribution is 2.13. The fourth-order valence-corrected chi connectivity index (χ4v) is 1.37. The van der Waals surface area contributed by atoms with Crippen LogP contribution in [0.5, 0.6) is 0 Å². The second-order valence-electron chi connectivity index (χ2n) is 3.76. The Hall–Kier alpha value is -1.43. The topological polar surface area (TPSA) is 32.3 Å². The third-order valence-electron chi connectivity index (χ3n) is 2.12. The van der Waals surface area contributed by atoms with Crippen LogP contribution in [0.1, 0.15) is 5.56 Å². The third kappa shape index (κ3) is 5.27. The molecule has 0 bridgehead atoms. The van der Waals surface area contributed by atoms with Crippen molar-refractivity contribution in [1.29, 1.82) is 0 Å². The minimum absolute atomic E-state index is 0.209. The molecule has 0 aliphatic carbocycles. The zero-order chi connectivity index (χ0) is 13.8. The molecular weight excluding hydrogens is 269 g/mol. The average molecular weight is 281 g/mol. The Morgan fingerprint density at radius 1 is 1.33 bits per heavy atom. The second kappa shape index (κ2) is 5.95. The summed E-state index contributed by atoms with van der Waals surface area (Å²) < 4.78 is 35.7. The standard InChI is InChI=1S/C11H12ClF3N2O/c1-17(10(18)16-7-11(13,14)15)6-8-2-4-9(12)5-3-8/h2-5H,6-7H2,1H3,(H,16,18). The molecule has 0 spiro atoms. The highest BCUT2D eigenvalue weighted by Gasteiger charge is 2.28. The third-order valence-corrected chi connectivity index (χ3v) is 2.37. The number of carbonyl (C=O) groups is 1. The summed E-state index contributed by atoms with van der Waals surface area (Å²) in [7, 11) is 1.42. The number of hydrogen-bond acceptors (Lipinski definition) is 1. The molecule has 3 nitrogen and oxygen atoms in total. The zero-order valence-electron chi connectivity index (χ0n) is 9.59. The van der Waals surface area contributed by atoms with E-state index in [4.69, 9.17) is 11.6 Å². The quantitative estimate of drug-likeness (QED) is 0.907. The van der Waals surface area contributed by atoms with Crippen LogP contribution in [0.15, 0.2) is 24.3 Å². The Balaban J connectivity index is 2.47. The number of rotatable bonds is 3. The largest absolute Gasteiger partial charge is 0.405 e. The molecule has 1 rings (SSSR count). The van der Waals surface area contributed by atoms with Crippen LogP contribution in [0, 0.1) is 0 Å². The van der Waals surface area contributed by atoms with E-state index in [0.717, 1.165) is 10.5 Å². The molecule has 0 aliphatic heterocycles. The van der Waals surface area contributed by atoms with Crippen molar-refractivity contribution < 1.29 is 18.0 Å². The van der Waals surface area contributed by atoms with Crippen molar-refractivity contribution >= 4 is 17.6 Å². The van der Waals surface area contributed by atoms with E-state index in [1.807, 2.05) is 0 Å². The predicted octanol–water partition coefficient (Wildman–Crippen LogP) is 3.04. The number of hydrogen-bond donors (Lipinski definition) is 1. The van der Waals surface area contributed by atoms with Gasteiger partial charge in [0, 0.05) is 18.6 Å². The molecule has 7 heteroatoms. The fraction of sp³-hybridized carbons (Fsp3) is 0.364. The van der Waals surface area contributed by atoms with E-state index in [1.54, 1.807) is 29.6 Å². The SMILES string of the molecule is CN(Cc1ccc(Cl)cc1)C(=O)NCC(F)(F)F. The van der Waals surface area contributed by atoms with Crippen LogP contribution in [0.25, 0.3) is 0 Å². The number of carbonyl (C=O) groups excluding carboxylic acids is 1. The number of amides is 2. The number of nitrogens with zero attached hydrogens (tertiary/aromatic N) is 1. The molecule has 0 atom stereocenters. The van der Waals surface area contributed by atoms with Crippen molar-refractivity contribution in [1.82, 2.24) is 10.2 Å². The van der Waals surface area contributed by atoms with Gasteiger partial charge in [-0.05, 0) is 17.7 Å². The molecule has 0 unspecified atom stereocenters. The lowest BCUT2D eigenvalue weighted by Gasteiger charge is -2.18. The molecule has 0 heterocycles. The van der Waals surface area contributed by atoms with Crippen molar-refractivity contribution in [3.8, 4) is 0 Å². The summed E-state index contributed by atoms with van der Waals surface area (Å²) in [5.74, 6) is 0. The smallest absolute Gasteiger partial charge is 0.329 e. The number of benzene rings is 1. The maximum absolute atomic E-state index is 11.9. The minimum Gasteiger partial charge on any atom is -0.329 e. The van der Waals surface area contributed by atoms with Crippen molar-refractivity contribution in [2.45, 2.75) is 12.7 Å². The fourth-order valence-electron chi connectivity index (χ4n) is 1.25. The molecule has 1 aromatic rings. The highest BCUT2D eigenvalue weighted by molar-refractivity contribution is 6.30. The van der Waals surface area contributed by atoms with Crippen LogP contribution in [-0.4, -0.2) is 30.7 Å². The summed E-state index contributed by atoms with van der Waals surface area (Å²) in [6, 6.07) is 5.94.